The first-order valence-corrected chi connectivity index (χ1v) is 14.5. The summed E-state index contributed by atoms with van der Waals surface area (Å²) >= 11 is 0. The van der Waals surface area contributed by atoms with Crippen molar-refractivity contribution in [1.29, 1.82) is 0 Å². The number of hydrogen-bond acceptors (Lipinski definition) is 8. The fraction of sp³-hybridized carbons (Fsp3) is 0.576. The van der Waals surface area contributed by atoms with Crippen LogP contribution in [0.3, 0.4) is 0 Å². The van der Waals surface area contributed by atoms with Gasteiger partial charge in [-0.1, -0.05) is 31.6 Å². The molecule has 2 unspecified atom stereocenters. The van der Waals surface area contributed by atoms with E-state index in [-0.39, 0.29) is 47.8 Å². The molecule has 7 atom stereocenters. The minimum Gasteiger partial charge on any atom is -0.472 e. The molecular formula is C33H42O8. The van der Waals surface area contributed by atoms with E-state index in [2.05, 4.69) is 6.08 Å². The first-order chi connectivity index (χ1) is 19.4. The third-order valence-electron chi connectivity index (χ3n) is 9.12. The SMILES string of the molecule is CCC(C)C(=O)[C@@H]1C2C(=CC[C@H]2c2ccoc2)C(C[C@H]2C=C(C)[C@@H](CC(=O)OC)C(C)(C)OC2=O)=C[C@H]1OC(C)=O. The second-order valence-electron chi connectivity index (χ2n) is 12.2. The Balaban J connectivity index is 1.75. The number of rotatable bonds is 9. The number of esters is 3. The molecule has 2 heterocycles. The van der Waals surface area contributed by atoms with Crippen molar-refractivity contribution in [2.24, 2.45) is 29.6 Å². The lowest BCUT2D eigenvalue weighted by atomic mass is 9.65. The molecule has 222 valence electrons. The molecule has 0 radical (unpaired) electrons. The van der Waals surface area contributed by atoms with Gasteiger partial charge in [-0.25, -0.2) is 0 Å². The Labute approximate surface area is 242 Å². The summed E-state index contributed by atoms with van der Waals surface area (Å²) in [5, 5.41) is 0. The summed E-state index contributed by atoms with van der Waals surface area (Å²) in [5.74, 6) is -3.09. The van der Waals surface area contributed by atoms with Gasteiger partial charge in [0.05, 0.1) is 37.9 Å². The van der Waals surface area contributed by atoms with E-state index in [4.69, 9.17) is 18.6 Å². The molecular weight excluding hydrogens is 524 g/mol. The van der Waals surface area contributed by atoms with Gasteiger partial charge >= 0.3 is 17.9 Å². The molecule has 2 aliphatic carbocycles. The number of cyclic esters (lactones) is 1. The van der Waals surface area contributed by atoms with Crippen LogP contribution >= 0.6 is 0 Å². The van der Waals surface area contributed by atoms with Gasteiger partial charge in [-0.15, -0.1) is 0 Å². The monoisotopic (exact) mass is 566 g/mol. The average molecular weight is 567 g/mol. The van der Waals surface area contributed by atoms with Crippen LogP contribution in [0.4, 0.5) is 0 Å². The quantitative estimate of drug-likeness (QED) is 0.207. The average Bonchev–Trinajstić information content (AvgIpc) is 3.58. The maximum absolute atomic E-state index is 13.8. The molecule has 3 aliphatic rings. The number of ether oxygens (including phenoxy) is 3. The predicted octanol–water partition coefficient (Wildman–Crippen LogP) is 5.88. The van der Waals surface area contributed by atoms with Crippen molar-refractivity contribution >= 4 is 23.7 Å². The fourth-order valence-electron chi connectivity index (χ4n) is 6.82. The highest BCUT2D eigenvalue weighted by Crippen LogP contribution is 2.53. The highest BCUT2D eigenvalue weighted by molar-refractivity contribution is 5.86. The Kier molecular flexibility index (Phi) is 9.10. The van der Waals surface area contributed by atoms with Gasteiger partial charge in [-0.2, -0.15) is 0 Å². The van der Waals surface area contributed by atoms with Crippen LogP contribution in [-0.4, -0.2) is 42.5 Å². The molecule has 0 bridgehead atoms. The van der Waals surface area contributed by atoms with E-state index in [0.717, 1.165) is 22.3 Å². The van der Waals surface area contributed by atoms with Crippen molar-refractivity contribution in [2.75, 3.05) is 7.11 Å². The summed E-state index contributed by atoms with van der Waals surface area (Å²) in [6.45, 7) is 10.8. The van der Waals surface area contributed by atoms with Crippen LogP contribution in [0.1, 0.15) is 78.7 Å². The van der Waals surface area contributed by atoms with Crippen LogP contribution < -0.4 is 0 Å². The van der Waals surface area contributed by atoms with Crippen LogP contribution in [0, 0.1) is 29.6 Å². The van der Waals surface area contributed by atoms with Gasteiger partial charge < -0.3 is 18.6 Å². The third-order valence-corrected chi connectivity index (χ3v) is 9.12. The number of allylic oxidation sites excluding steroid dienone is 3. The van der Waals surface area contributed by atoms with Crippen molar-refractivity contribution < 1.29 is 37.8 Å². The zero-order chi connectivity index (χ0) is 30.1. The Hall–Kier alpha value is -3.42. The molecule has 1 aliphatic heterocycles. The molecule has 8 heteroatoms. The molecule has 0 aromatic carbocycles. The van der Waals surface area contributed by atoms with E-state index in [1.165, 1.54) is 14.0 Å². The standard InChI is InChI=1S/C33H42O8/c1-8-18(2)31(36)30-27(40-20(4)34)15-22(25-10-9-24(29(25)30)21-11-12-39-17-21)14-23-13-19(3)26(16-28(35)38-7)33(5,6)41-32(23)37/h10-13,15,17-18,23-24,26-27,29-30H,8-9,14,16H2,1-7H3/t18?,23-,24+,26-,27-,29?,30+/m1/s1. The van der Waals surface area contributed by atoms with Crippen molar-refractivity contribution in [1.82, 2.24) is 0 Å². The highest BCUT2D eigenvalue weighted by atomic mass is 16.6. The van der Waals surface area contributed by atoms with E-state index in [0.29, 0.717) is 19.3 Å². The first kappa shape index (κ1) is 30.5. The molecule has 0 saturated heterocycles. The van der Waals surface area contributed by atoms with Crippen molar-refractivity contribution in [3.05, 3.63) is 59.1 Å². The Morgan fingerprint density at radius 2 is 1.93 bits per heavy atom. The van der Waals surface area contributed by atoms with Gasteiger partial charge in [0.1, 0.15) is 17.5 Å². The van der Waals surface area contributed by atoms with E-state index < -0.39 is 29.5 Å². The van der Waals surface area contributed by atoms with Crippen LogP contribution in [0.15, 0.2) is 58.0 Å². The number of carbonyl (C=O) groups is 4. The van der Waals surface area contributed by atoms with Gasteiger partial charge in [0.15, 0.2) is 0 Å². The number of carbonyl (C=O) groups excluding carboxylic acids is 4. The number of furan rings is 1. The molecule has 4 rings (SSSR count). The molecule has 0 fully saturated rings. The summed E-state index contributed by atoms with van der Waals surface area (Å²) in [7, 11) is 1.34. The molecule has 8 nitrogen and oxygen atoms in total. The molecule has 1 aromatic rings. The van der Waals surface area contributed by atoms with E-state index in [1.807, 2.05) is 52.8 Å². The number of methoxy groups -OCH3 is 1. The minimum atomic E-state index is -0.906. The Morgan fingerprint density at radius 1 is 1.20 bits per heavy atom. The zero-order valence-corrected chi connectivity index (χ0v) is 25.1. The maximum atomic E-state index is 13.8. The lowest BCUT2D eigenvalue weighted by Crippen LogP contribution is -2.43. The number of Topliss-reactive ketones (excluding diaryl/α,β-unsaturated/α-hetero) is 1. The second-order valence-corrected chi connectivity index (χ2v) is 12.2. The molecule has 0 saturated carbocycles. The van der Waals surface area contributed by atoms with Crippen molar-refractivity contribution in [2.45, 2.75) is 84.8 Å². The lowest BCUT2D eigenvalue weighted by molar-refractivity contribution is -0.165. The van der Waals surface area contributed by atoms with Gasteiger partial charge in [-0.3, -0.25) is 19.2 Å². The number of hydrogen-bond donors (Lipinski definition) is 0. The largest absolute Gasteiger partial charge is 0.472 e. The fourth-order valence-corrected chi connectivity index (χ4v) is 6.82. The Bertz CT molecular complexity index is 1260. The molecule has 0 N–H and O–H groups in total. The van der Waals surface area contributed by atoms with E-state index in [1.54, 1.807) is 12.5 Å². The van der Waals surface area contributed by atoms with Crippen LogP contribution in [-0.2, 0) is 33.4 Å². The van der Waals surface area contributed by atoms with Crippen LogP contribution in [0.2, 0.25) is 0 Å². The highest BCUT2D eigenvalue weighted by Gasteiger charge is 2.50. The predicted molar refractivity (Wildman–Crippen MR) is 151 cm³/mol. The van der Waals surface area contributed by atoms with Crippen molar-refractivity contribution in [3.63, 3.8) is 0 Å². The molecule has 0 amide bonds. The normalized spacial score (nSPS) is 29.6. The Morgan fingerprint density at radius 3 is 2.54 bits per heavy atom. The number of fused-ring (bicyclic) bond motifs is 1. The summed E-state index contributed by atoms with van der Waals surface area (Å²) in [4.78, 5) is 51.7. The summed E-state index contributed by atoms with van der Waals surface area (Å²) in [6, 6.07) is 1.92. The number of ketones is 1. The lowest BCUT2D eigenvalue weighted by Gasteiger charge is -2.40. The summed E-state index contributed by atoms with van der Waals surface area (Å²) < 4.78 is 22.1. The van der Waals surface area contributed by atoms with Gasteiger partial charge in [-0.05, 0) is 74.8 Å². The molecule has 41 heavy (non-hydrogen) atoms. The van der Waals surface area contributed by atoms with Gasteiger partial charge in [0, 0.05) is 24.7 Å². The zero-order valence-electron chi connectivity index (χ0n) is 25.1. The first-order valence-electron chi connectivity index (χ1n) is 14.5. The second kappa shape index (κ2) is 12.2. The van der Waals surface area contributed by atoms with Gasteiger partial charge in [0.2, 0.25) is 0 Å². The topological polar surface area (TPSA) is 109 Å². The molecule has 1 aromatic heterocycles. The smallest absolute Gasteiger partial charge is 0.313 e. The van der Waals surface area contributed by atoms with Crippen molar-refractivity contribution in [3.8, 4) is 0 Å². The van der Waals surface area contributed by atoms with Crippen LogP contribution in [0.5, 0.6) is 0 Å². The van der Waals surface area contributed by atoms with E-state index >= 15 is 0 Å². The summed E-state index contributed by atoms with van der Waals surface area (Å²) in [6.07, 6.45) is 10.3. The maximum Gasteiger partial charge on any atom is 0.313 e. The van der Waals surface area contributed by atoms with E-state index in [9.17, 15) is 19.2 Å². The molecule has 0 spiro atoms. The minimum absolute atomic E-state index is 0.0229. The third kappa shape index (κ3) is 6.26. The summed E-state index contributed by atoms with van der Waals surface area (Å²) in [5.41, 5.74) is 2.84. The van der Waals surface area contributed by atoms with Crippen LogP contribution in [0.25, 0.3) is 0 Å². The van der Waals surface area contributed by atoms with Gasteiger partial charge in [0.25, 0.3) is 0 Å².